The van der Waals surface area contributed by atoms with Crippen LogP contribution in [0, 0.1) is 11.8 Å². The van der Waals surface area contributed by atoms with Crippen molar-refractivity contribution in [3.05, 3.63) is 0 Å². The number of carbonyl (C=O) groups is 3. The summed E-state index contributed by atoms with van der Waals surface area (Å²) in [5.74, 6) is -1.04. The molecule has 0 aromatic carbocycles. The van der Waals surface area contributed by atoms with Crippen molar-refractivity contribution in [3.8, 4) is 0 Å². The number of hydrogen-bond acceptors (Lipinski definition) is 8. The second kappa shape index (κ2) is 13.5. The third-order valence-corrected chi connectivity index (χ3v) is 4.10. The van der Waals surface area contributed by atoms with E-state index in [2.05, 4.69) is 25.5 Å². The van der Waals surface area contributed by atoms with Gasteiger partial charge < -0.3 is 23.7 Å². The average molecular weight is 376 g/mol. The van der Waals surface area contributed by atoms with E-state index in [0.717, 1.165) is 0 Å². The zero-order valence-electron chi connectivity index (χ0n) is 16.6. The summed E-state index contributed by atoms with van der Waals surface area (Å²) in [6.07, 6.45) is -1.29. The molecular weight excluding hydrogens is 344 g/mol. The van der Waals surface area contributed by atoms with E-state index in [0.29, 0.717) is 18.3 Å². The van der Waals surface area contributed by atoms with Crippen LogP contribution >= 0.6 is 0 Å². The van der Waals surface area contributed by atoms with Gasteiger partial charge in [-0.15, -0.1) is 0 Å². The highest BCUT2D eigenvalue weighted by molar-refractivity contribution is 5.91. The van der Waals surface area contributed by atoms with Gasteiger partial charge in [0.05, 0.1) is 20.3 Å². The van der Waals surface area contributed by atoms with Gasteiger partial charge in [-0.2, -0.15) is 0 Å². The minimum Gasteiger partial charge on any atom is -0.469 e. The molecule has 0 aliphatic rings. The van der Waals surface area contributed by atoms with Crippen molar-refractivity contribution < 1.29 is 38.1 Å². The van der Waals surface area contributed by atoms with Crippen molar-refractivity contribution in [2.45, 2.75) is 52.2 Å². The molecule has 26 heavy (non-hydrogen) atoms. The number of esters is 3. The molecule has 152 valence electrons. The Morgan fingerprint density at radius 1 is 0.769 bits per heavy atom. The van der Waals surface area contributed by atoms with Crippen molar-refractivity contribution >= 4 is 17.9 Å². The van der Waals surface area contributed by atoms with E-state index in [9.17, 15) is 14.4 Å². The van der Waals surface area contributed by atoms with Gasteiger partial charge in [0.25, 0.3) is 0 Å². The Kier molecular flexibility index (Phi) is 12.7. The maximum atomic E-state index is 12.1. The maximum absolute atomic E-state index is 12.1. The number of rotatable bonds is 13. The molecule has 0 N–H and O–H groups in total. The predicted octanol–water partition coefficient (Wildman–Crippen LogP) is 1.74. The summed E-state index contributed by atoms with van der Waals surface area (Å²) in [6, 6.07) is 0. The first-order chi connectivity index (χ1) is 12.2. The summed E-state index contributed by atoms with van der Waals surface area (Å²) in [4.78, 5) is 35.1. The smallest absolute Gasteiger partial charge is 0.317 e. The largest absolute Gasteiger partial charge is 0.469 e. The van der Waals surface area contributed by atoms with E-state index < -0.39 is 36.5 Å². The molecule has 0 aliphatic carbocycles. The number of hydrogen-bond donors (Lipinski definition) is 0. The molecule has 3 unspecified atom stereocenters. The van der Waals surface area contributed by atoms with Gasteiger partial charge in [0.2, 0.25) is 0 Å². The van der Waals surface area contributed by atoms with Crippen LogP contribution in [0.1, 0.15) is 40.0 Å². The molecule has 0 rings (SSSR count). The number of ether oxygens (including phenoxy) is 5. The molecule has 0 bridgehead atoms. The molecule has 0 saturated heterocycles. The Balaban J connectivity index is 4.81. The summed E-state index contributed by atoms with van der Waals surface area (Å²) in [5.41, 5.74) is 0. The van der Waals surface area contributed by atoms with Crippen LogP contribution in [0.2, 0.25) is 0 Å². The Morgan fingerprint density at radius 2 is 1.27 bits per heavy atom. The van der Waals surface area contributed by atoms with Crippen LogP contribution in [0.5, 0.6) is 0 Å². The van der Waals surface area contributed by atoms with Gasteiger partial charge in [-0.05, 0) is 18.3 Å². The molecule has 0 aliphatic heterocycles. The highest BCUT2D eigenvalue weighted by atomic mass is 16.6. The minimum absolute atomic E-state index is 0.00336. The van der Waals surface area contributed by atoms with Crippen molar-refractivity contribution in [3.63, 3.8) is 0 Å². The Bertz CT molecular complexity index is 435. The lowest BCUT2D eigenvalue weighted by molar-refractivity contribution is -0.178. The highest BCUT2D eigenvalue weighted by Crippen LogP contribution is 2.17. The van der Waals surface area contributed by atoms with Crippen molar-refractivity contribution in [1.29, 1.82) is 0 Å². The molecule has 0 saturated carbocycles. The zero-order valence-corrected chi connectivity index (χ0v) is 16.6. The van der Waals surface area contributed by atoms with E-state index in [-0.39, 0.29) is 19.6 Å². The first-order valence-electron chi connectivity index (χ1n) is 8.68. The lowest BCUT2D eigenvalue weighted by atomic mass is 9.93. The third-order valence-electron chi connectivity index (χ3n) is 4.10. The quantitative estimate of drug-likeness (QED) is 0.272. The Labute approximate surface area is 155 Å². The van der Waals surface area contributed by atoms with Crippen LogP contribution in [0.4, 0.5) is 0 Å². The summed E-state index contributed by atoms with van der Waals surface area (Å²) in [5, 5.41) is 0. The van der Waals surface area contributed by atoms with Crippen LogP contribution in [0.15, 0.2) is 0 Å². The van der Waals surface area contributed by atoms with Crippen molar-refractivity contribution in [1.82, 2.24) is 0 Å². The molecule has 3 atom stereocenters. The van der Waals surface area contributed by atoms with Gasteiger partial charge in [-0.25, -0.2) is 0 Å². The fraction of sp³-hybridized carbons (Fsp3) is 0.833. The monoisotopic (exact) mass is 376 g/mol. The second-order valence-electron chi connectivity index (χ2n) is 6.48. The van der Waals surface area contributed by atoms with Gasteiger partial charge in [0.15, 0.2) is 12.2 Å². The summed E-state index contributed by atoms with van der Waals surface area (Å²) < 4.78 is 25.2. The fourth-order valence-corrected chi connectivity index (χ4v) is 2.07. The lowest BCUT2D eigenvalue weighted by Crippen LogP contribution is -2.41. The molecule has 8 heteroatoms. The molecule has 0 aromatic heterocycles. The predicted molar refractivity (Wildman–Crippen MR) is 93.4 cm³/mol. The van der Waals surface area contributed by atoms with E-state index in [1.165, 1.54) is 21.3 Å². The third kappa shape index (κ3) is 10.4. The summed E-state index contributed by atoms with van der Waals surface area (Å²) in [7, 11) is 4.05. The zero-order chi connectivity index (χ0) is 20.1. The SMILES string of the molecule is COCC(OC(=O)CCC(C)C(C)C)C(COC)OC(=O)CC(=O)OC. The van der Waals surface area contributed by atoms with Gasteiger partial charge >= 0.3 is 17.9 Å². The fourth-order valence-electron chi connectivity index (χ4n) is 2.07. The molecule has 0 amide bonds. The van der Waals surface area contributed by atoms with Crippen LogP contribution in [-0.2, 0) is 38.1 Å². The molecule has 0 spiro atoms. The number of methoxy groups -OCH3 is 3. The van der Waals surface area contributed by atoms with Crippen LogP contribution in [-0.4, -0.2) is 64.7 Å². The number of carbonyl (C=O) groups excluding carboxylic acids is 3. The molecule has 0 heterocycles. The van der Waals surface area contributed by atoms with E-state index in [1.807, 2.05) is 0 Å². The van der Waals surface area contributed by atoms with Gasteiger partial charge in [-0.1, -0.05) is 20.8 Å². The first-order valence-corrected chi connectivity index (χ1v) is 8.68. The van der Waals surface area contributed by atoms with Crippen molar-refractivity contribution in [2.75, 3.05) is 34.5 Å². The Morgan fingerprint density at radius 3 is 1.69 bits per heavy atom. The molecular formula is C18H32O8. The van der Waals surface area contributed by atoms with Crippen molar-refractivity contribution in [2.24, 2.45) is 11.8 Å². The molecule has 0 radical (unpaired) electrons. The maximum Gasteiger partial charge on any atom is 0.317 e. The normalized spacial score (nSPS) is 14.4. The van der Waals surface area contributed by atoms with Gasteiger partial charge in [0, 0.05) is 20.6 Å². The van der Waals surface area contributed by atoms with Gasteiger partial charge in [-0.3, -0.25) is 14.4 Å². The minimum atomic E-state index is -0.886. The topological polar surface area (TPSA) is 97.4 Å². The van der Waals surface area contributed by atoms with Crippen LogP contribution < -0.4 is 0 Å². The molecule has 0 aromatic rings. The van der Waals surface area contributed by atoms with Gasteiger partial charge in [0.1, 0.15) is 6.42 Å². The summed E-state index contributed by atoms with van der Waals surface area (Å²) in [6.45, 7) is 6.30. The molecule has 0 fully saturated rings. The lowest BCUT2D eigenvalue weighted by Gasteiger charge is -2.26. The second-order valence-corrected chi connectivity index (χ2v) is 6.48. The van der Waals surface area contributed by atoms with E-state index >= 15 is 0 Å². The standard InChI is InChI=1S/C18H32O8/c1-12(2)13(3)7-8-16(19)25-14(10-22-4)15(11-23-5)26-18(21)9-17(20)24-6/h12-15H,7-11H2,1-6H3. The average Bonchev–Trinajstić information content (AvgIpc) is 2.58. The Hall–Kier alpha value is -1.67. The first kappa shape index (κ1) is 24.3. The van der Waals surface area contributed by atoms with E-state index in [4.69, 9.17) is 18.9 Å². The highest BCUT2D eigenvalue weighted by Gasteiger charge is 2.30. The van der Waals surface area contributed by atoms with E-state index in [1.54, 1.807) is 0 Å². The van der Waals surface area contributed by atoms with Crippen LogP contribution in [0.25, 0.3) is 0 Å². The molecule has 8 nitrogen and oxygen atoms in total. The summed E-state index contributed by atoms with van der Waals surface area (Å²) >= 11 is 0. The van der Waals surface area contributed by atoms with Crippen LogP contribution in [0.3, 0.4) is 0 Å².